The highest BCUT2D eigenvalue weighted by molar-refractivity contribution is 7.14. The summed E-state index contributed by atoms with van der Waals surface area (Å²) in [5, 5.41) is 4.07. The molecule has 0 amide bonds. The number of rotatable bonds is 1. The highest BCUT2D eigenvalue weighted by Gasteiger charge is 2.03. The maximum Gasteiger partial charge on any atom is 0.184 e. The first-order chi connectivity index (χ1) is 5.75. The minimum absolute atomic E-state index is 0.605. The molecule has 2 heterocycles. The first kappa shape index (κ1) is 8.23. The second kappa shape index (κ2) is 3.17. The van der Waals surface area contributed by atoms with Crippen LogP contribution in [0.2, 0.25) is 4.47 Å². The summed E-state index contributed by atoms with van der Waals surface area (Å²) in [5.41, 5.74) is 2.15. The Morgan fingerprint density at radius 3 is 2.67 bits per heavy atom. The third-order valence-electron chi connectivity index (χ3n) is 1.50. The number of halogens is 1. The zero-order valence-corrected chi connectivity index (χ0v) is 8.76. The molecule has 0 aromatic carbocycles. The van der Waals surface area contributed by atoms with E-state index in [0.29, 0.717) is 4.47 Å². The summed E-state index contributed by atoms with van der Waals surface area (Å²) in [7, 11) is 0. The Morgan fingerprint density at radius 1 is 1.33 bits per heavy atom. The van der Waals surface area contributed by atoms with Gasteiger partial charge in [0.2, 0.25) is 0 Å². The van der Waals surface area contributed by atoms with Crippen LogP contribution in [-0.2, 0) is 0 Å². The second-order valence-electron chi connectivity index (χ2n) is 2.43. The molecule has 2 aromatic rings. The minimum Gasteiger partial charge on any atom is -0.225 e. The van der Waals surface area contributed by atoms with Gasteiger partial charge in [-0.15, -0.1) is 22.7 Å². The number of hydrogen-bond acceptors (Lipinski definition) is 3. The average molecular weight is 216 g/mol. The van der Waals surface area contributed by atoms with E-state index in [9.17, 15) is 0 Å². The average Bonchev–Trinajstić information content (AvgIpc) is 2.58. The van der Waals surface area contributed by atoms with Gasteiger partial charge in [0.25, 0.3) is 0 Å². The molecule has 0 fully saturated rings. The number of nitrogens with zero attached hydrogens (tertiary/aromatic N) is 1. The third-order valence-corrected chi connectivity index (χ3v) is 3.34. The summed E-state index contributed by atoms with van der Waals surface area (Å²) < 4.78 is 0.605. The fourth-order valence-electron chi connectivity index (χ4n) is 0.962. The molecule has 0 aliphatic carbocycles. The van der Waals surface area contributed by atoms with Crippen molar-refractivity contribution < 1.29 is 0 Å². The summed E-state index contributed by atoms with van der Waals surface area (Å²) in [6.45, 7) is 2.09. The van der Waals surface area contributed by atoms with Gasteiger partial charge < -0.3 is 0 Å². The molecule has 0 aliphatic rings. The zero-order chi connectivity index (χ0) is 8.55. The quantitative estimate of drug-likeness (QED) is 0.705. The molecule has 0 radical (unpaired) electrons. The van der Waals surface area contributed by atoms with Gasteiger partial charge in [-0.1, -0.05) is 11.6 Å². The van der Waals surface area contributed by atoms with Crippen LogP contribution in [-0.4, -0.2) is 4.98 Å². The van der Waals surface area contributed by atoms with E-state index in [-0.39, 0.29) is 0 Å². The summed E-state index contributed by atoms with van der Waals surface area (Å²) in [5.74, 6) is 0. The van der Waals surface area contributed by atoms with Gasteiger partial charge in [0, 0.05) is 21.2 Å². The van der Waals surface area contributed by atoms with Crippen molar-refractivity contribution in [2.75, 3.05) is 0 Å². The van der Waals surface area contributed by atoms with Crippen molar-refractivity contribution in [2.45, 2.75) is 6.92 Å². The van der Waals surface area contributed by atoms with E-state index in [1.54, 1.807) is 11.3 Å². The molecule has 0 saturated heterocycles. The van der Waals surface area contributed by atoms with Crippen molar-refractivity contribution in [2.24, 2.45) is 0 Å². The number of hydrogen-bond donors (Lipinski definition) is 0. The van der Waals surface area contributed by atoms with Crippen molar-refractivity contribution in [1.29, 1.82) is 0 Å². The van der Waals surface area contributed by atoms with Crippen LogP contribution >= 0.6 is 34.3 Å². The van der Waals surface area contributed by atoms with Crippen LogP contribution in [0.5, 0.6) is 0 Å². The first-order valence-electron chi connectivity index (χ1n) is 3.42. The van der Waals surface area contributed by atoms with Crippen LogP contribution in [0, 0.1) is 6.92 Å². The fraction of sp³-hybridized carbons (Fsp3) is 0.125. The van der Waals surface area contributed by atoms with Crippen LogP contribution in [0.4, 0.5) is 0 Å². The topological polar surface area (TPSA) is 12.9 Å². The lowest BCUT2D eigenvalue weighted by atomic mass is 10.2. The molecule has 0 aliphatic heterocycles. The zero-order valence-electron chi connectivity index (χ0n) is 6.37. The monoisotopic (exact) mass is 215 g/mol. The van der Waals surface area contributed by atoms with E-state index < -0.39 is 0 Å². The molecule has 0 bridgehead atoms. The smallest absolute Gasteiger partial charge is 0.184 e. The van der Waals surface area contributed by atoms with Crippen LogP contribution in [0.15, 0.2) is 16.8 Å². The molecule has 1 nitrogen and oxygen atoms in total. The predicted octanol–water partition coefficient (Wildman–Crippen LogP) is 3.83. The van der Waals surface area contributed by atoms with Crippen molar-refractivity contribution >= 4 is 34.3 Å². The summed E-state index contributed by atoms with van der Waals surface area (Å²) >= 11 is 8.93. The summed E-state index contributed by atoms with van der Waals surface area (Å²) in [6, 6.07) is 2.12. The Labute approximate surface area is 83.7 Å². The van der Waals surface area contributed by atoms with Gasteiger partial charge in [0.15, 0.2) is 4.47 Å². The van der Waals surface area contributed by atoms with Crippen molar-refractivity contribution in [3.63, 3.8) is 0 Å². The lowest BCUT2D eigenvalue weighted by Crippen LogP contribution is -1.70. The normalized spacial score (nSPS) is 10.5. The Bertz CT molecular complexity index is 353. The van der Waals surface area contributed by atoms with Gasteiger partial charge in [0.1, 0.15) is 0 Å². The molecule has 62 valence electrons. The number of thiophene rings is 1. The van der Waals surface area contributed by atoms with E-state index >= 15 is 0 Å². The molecule has 2 rings (SSSR count). The Morgan fingerprint density at radius 2 is 2.17 bits per heavy atom. The highest BCUT2D eigenvalue weighted by Crippen LogP contribution is 2.27. The molecule has 0 N–H and O–H groups in total. The van der Waals surface area contributed by atoms with E-state index in [4.69, 9.17) is 11.6 Å². The Hall–Kier alpha value is -0.380. The van der Waals surface area contributed by atoms with Gasteiger partial charge in [-0.3, -0.25) is 0 Å². The van der Waals surface area contributed by atoms with Crippen LogP contribution < -0.4 is 0 Å². The van der Waals surface area contributed by atoms with Gasteiger partial charge in [-0.05, 0) is 13.0 Å². The second-order valence-corrected chi connectivity index (χ2v) is 4.99. The van der Waals surface area contributed by atoms with Gasteiger partial charge in [-0.25, -0.2) is 4.98 Å². The van der Waals surface area contributed by atoms with Gasteiger partial charge >= 0.3 is 0 Å². The lowest BCUT2D eigenvalue weighted by Gasteiger charge is -1.85. The molecule has 0 spiro atoms. The molecule has 4 heteroatoms. The molecule has 0 atom stereocenters. The summed E-state index contributed by atoms with van der Waals surface area (Å²) in [6.07, 6.45) is 0. The van der Waals surface area contributed by atoms with E-state index in [1.165, 1.54) is 21.8 Å². The molecule has 12 heavy (non-hydrogen) atoms. The van der Waals surface area contributed by atoms with E-state index in [2.05, 4.69) is 23.4 Å². The maximum atomic E-state index is 5.73. The molecule has 0 saturated carbocycles. The van der Waals surface area contributed by atoms with Crippen LogP contribution in [0.25, 0.3) is 11.3 Å². The largest absolute Gasteiger partial charge is 0.225 e. The molecular weight excluding hydrogens is 210 g/mol. The van der Waals surface area contributed by atoms with Crippen molar-refractivity contribution in [3.05, 3.63) is 26.2 Å². The first-order valence-corrected chi connectivity index (χ1v) is 5.56. The molecule has 0 unspecified atom stereocenters. The lowest BCUT2D eigenvalue weighted by molar-refractivity contribution is 1.42. The van der Waals surface area contributed by atoms with Crippen LogP contribution in [0.1, 0.15) is 4.88 Å². The van der Waals surface area contributed by atoms with Gasteiger partial charge in [-0.2, -0.15) is 0 Å². The number of aryl methyl sites for hydroxylation is 1. The minimum atomic E-state index is 0.605. The van der Waals surface area contributed by atoms with Gasteiger partial charge in [0.05, 0.1) is 5.69 Å². The third kappa shape index (κ3) is 1.53. The number of aromatic nitrogens is 1. The maximum absolute atomic E-state index is 5.73. The Balaban J connectivity index is 2.43. The SMILES string of the molecule is Cc1cc(-c2csc(Cl)n2)cs1. The molecule has 2 aromatic heterocycles. The van der Waals surface area contributed by atoms with Crippen molar-refractivity contribution in [3.8, 4) is 11.3 Å². The fourth-order valence-corrected chi connectivity index (χ4v) is 2.43. The highest BCUT2D eigenvalue weighted by atomic mass is 35.5. The molecular formula is C8H6ClNS2. The Kier molecular flexibility index (Phi) is 2.17. The van der Waals surface area contributed by atoms with Crippen LogP contribution in [0.3, 0.4) is 0 Å². The van der Waals surface area contributed by atoms with Crippen molar-refractivity contribution in [1.82, 2.24) is 4.98 Å². The predicted molar refractivity (Wildman–Crippen MR) is 55.2 cm³/mol. The summed E-state index contributed by atoms with van der Waals surface area (Å²) in [4.78, 5) is 5.48. The number of thiazole rings is 1. The van der Waals surface area contributed by atoms with E-state index in [1.807, 2.05) is 5.38 Å². The standard InChI is InChI=1S/C8H6ClNS2/c1-5-2-6(3-11-5)7-4-12-8(9)10-7/h2-4H,1H3. The van der Waals surface area contributed by atoms with E-state index in [0.717, 1.165) is 5.69 Å².